The maximum absolute atomic E-state index is 10.7. The van der Waals surface area contributed by atoms with Crippen LogP contribution in [0.1, 0.15) is 25.2 Å². The van der Waals surface area contributed by atoms with Crippen molar-refractivity contribution in [2.24, 2.45) is 0 Å². The van der Waals surface area contributed by atoms with Gasteiger partial charge in [-0.1, -0.05) is 0 Å². The average molecular weight is 250 g/mol. The summed E-state index contributed by atoms with van der Waals surface area (Å²) in [4.78, 5) is 8.35. The first-order valence-electron chi connectivity index (χ1n) is 4.08. The molecule has 0 aliphatic heterocycles. The van der Waals surface area contributed by atoms with Gasteiger partial charge in [0.15, 0.2) is 5.82 Å². The van der Waals surface area contributed by atoms with E-state index in [0.717, 1.165) is 5.56 Å². The van der Waals surface area contributed by atoms with E-state index >= 15 is 0 Å². The Morgan fingerprint density at radius 1 is 1.33 bits per heavy atom. The zero-order valence-corrected chi connectivity index (χ0v) is 13.2. The second kappa shape index (κ2) is 7.00. The third kappa shape index (κ3) is 4.52. The molecule has 0 aromatic carbocycles. The molecule has 0 amide bonds. The molecule has 4 nitrogen and oxygen atoms in total. The van der Waals surface area contributed by atoms with Crippen molar-refractivity contribution in [2.75, 3.05) is 0 Å². The zero-order valence-electron chi connectivity index (χ0n) is 9.27. The third-order valence-corrected chi connectivity index (χ3v) is 2.70. The summed E-state index contributed by atoms with van der Waals surface area (Å²) in [5.41, 5.74) is 1.53. The van der Waals surface area contributed by atoms with Crippen molar-refractivity contribution in [3.63, 3.8) is 0 Å². The van der Waals surface area contributed by atoms with Gasteiger partial charge in [-0.05, 0) is 37.4 Å². The van der Waals surface area contributed by atoms with Gasteiger partial charge in [-0.3, -0.25) is 4.21 Å². The van der Waals surface area contributed by atoms with Crippen molar-refractivity contribution in [1.29, 1.82) is 0 Å². The molecule has 0 radical (unpaired) electrons. The molecule has 0 aliphatic rings. The van der Waals surface area contributed by atoms with E-state index in [1.54, 1.807) is 19.3 Å². The molecule has 1 aromatic rings. The van der Waals surface area contributed by atoms with E-state index in [0.29, 0.717) is 11.4 Å². The SMILES string of the molecule is C/C(=C(/C)S(=O)[O-])c1ncc(C)cn1.[K+]. The Balaban J connectivity index is 0.00000196. The Labute approximate surface area is 134 Å². The van der Waals surface area contributed by atoms with Crippen LogP contribution in [-0.2, 0) is 11.1 Å². The van der Waals surface area contributed by atoms with Crippen LogP contribution in [0.25, 0.3) is 5.57 Å². The molecule has 1 unspecified atom stereocenters. The van der Waals surface area contributed by atoms with Crippen LogP contribution in [0.5, 0.6) is 0 Å². The topological polar surface area (TPSA) is 65.9 Å². The number of aromatic nitrogens is 2. The fourth-order valence-electron chi connectivity index (χ4n) is 0.869. The first-order chi connectivity index (χ1) is 6.52. The van der Waals surface area contributed by atoms with Crippen LogP contribution in [-0.4, -0.2) is 18.7 Å². The van der Waals surface area contributed by atoms with Gasteiger partial charge in [0.1, 0.15) is 0 Å². The van der Waals surface area contributed by atoms with E-state index in [2.05, 4.69) is 9.97 Å². The minimum absolute atomic E-state index is 0. The monoisotopic (exact) mass is 250 g/mol. The van der Waals surface area contributed by atoms with E-state index in [1.807, 2.05) is 6.92 Å². The minimum Gasteiger partial charge on any atom is -0.769 e. The van der Waals surface area contributed by atoms with Crippen molar-refractivity contribution >= 4 is 16.7 Å². The number of hydrogen-bond donors (Lipinski definition) is 0. The number of aryl methyl sites for hydroxylation is 1. The predicted octanol–water partition coefficient (Wildman–Crippen LogP) is -1.58. The summed E-state index contributed by atoms with van der Waals surface area (Å²) < 4.78 is 21.3. The summed E-state index contributed by atoms with van der Waals surface area (Å²) in [5.74, 6) is 0.456. The van der Waals surface area contributed by atoms with Crippen LogP contribution in [0.4, 0.5) is 0 Å². The first-order valence-corrected chi connectivity index (χ1v) is 5.15. The Morgan fingerprint density at radius 3 is 2.20 bits per heavy atom. The van der Waals surface area contributed by atoms with Crippen LogP contribution >= 0.6 is 0 Å². The first kappa shape index (κ1) is 15.6. The van der Waals surface area contributed by atoms with Crippen LogP contribution in [0.3, 0.4) is 0 Å². The number of rotatable bonds is 2. The quantitative estimate of drug-likeness (QED) is 0.469. The second-order valence-corrected chi connectivity index (χ2v) is 4.08. The van der Waals surface area contributed by atoms with Crippen molar-refractivity contribution in [1.82, 2.24) is 9.97 Å². The second-order valence-electron chi connectivity index (χ2n) is 3.00. The predicted molar refractivity (Wildman–Crippen MR) is 54.0 cm³/mol. The molecular weight excluding hydrogens is 239 g/mol. The summed E-state index contributed by atoms with van der Waals surface area (Å²) in [6.07, 6.45) is 3.32. The molecule has 0 N–H and O–H groups in total. The van der Waals surface area contributed by atoms with E-state index < -0.39 is 11.1 Å². The fourth-order valence-corrected chi connectivity index (χ4v) is 1.21. The Bertz CT molecular complexity index is 390. The van der Waals surface area contributed by atoms with Gasteiger partial charge in [0.2, 0.25) is 0 Å². The number of allylic oxidation sites excluding steroid dienone is 2. The zero-order chi connectivity index (χ0) is 10.7. The van der Waals surface area contributed by atoms with Gasteiger partial charge in [0, 0.05) is 22.9 Å². The maximum Gasteiger partial charge on any atom is 1.00 e. The van der Waals surface area contributed by atoms with Crippen molar-refractivity contribution < 1.29 is 60.1 Å². The van der Waals surface area contributed by atoms with E-state index in [1.165, 1.54) is 6.92 Å². The Morgan fingerprint density at radius 2 is 1.80 bits per heavy atom. The van der Waals surface area contributed by atoms with Crippen molar-refractivity contribution in [2.45, 2.75) is 20.8 Å². The molecule has 0 saturated heterocycles. The summed E-state index contributed by atoms with van der Waals surface area (Å²) in [5, 5.41) is 0. The molecule has 1 aromatic heterocycles. The summed E-state index contributed by atoms with van der Waals surface area (Å²) in [6.45, 7) is 5.10. The molecule has 0 spiro atoms. The molecule has 0 bridgehead atoms. The summed E-state index contributed by atoms with van der Waals surface area (Å²) in [7, 11) is 0. The standard InChI is InChI=1S/C9H12N2O2S.K/c1-6-4-10-9(11-5-6)7(2)8(3)14(12)13;/h4-5H,1-3H3,(H,12,13);/q;+1/p-1/b8-7+;. The Kier molecular flexibility index (Phi) is 7.27. The van der Waals surface area contributed by atoms with Gasteiger partial charge >= 0.3 is 51.4 Å². The minimum atomic E-state index is -2.20. The number of nitrogens with zero attached hydrogens (tertiary/aromatic N) is 2. The van der Waals surface area contributed by atoms with E-state index in [-0.39, 0.29) is 56.3 Å². The van der Waals surface area contributed by atoms with Crippen molar-refractivity contribution in [3.05, 3.63) is 28.7 Å². The molecular formula is C9H11KN2O2S. The van der Waals surface area contributed by atoms with Crippen molar-refractivity contribution in [3.8, 4) is 0 Å². The molecule has 6 heteroatoms. The smallest absolute Gasteiger partial charge is 0.769 e. The van der Waals surface area contributed by atoms with Gasteiger partial charge in [-0.2, -0.15) is 0 Å². The van der Waals surface area contributed by atoms with Gasteiger partial charge in [-0.15, -0.1) is 0 Å². The van der Waals surface area contributed by atoms with Gasteiger partial charge in [0.25, 0.3) is 0 Å². The van der Waals surface area contributed by atoms with Gasteiger partial charge < -0.3 is 4.55 Å². The molecule has 0 fully saturated rings. The normalized spacial score (nSPS) is 13.9. The fraction of sp³-hybridized carbons (Fsp3) is 0.333. The maximum atomic E-state index is 10.7. The molecule has 0 saturated carbocycles. The molecule has 1 heterocycles. The van der Waals surface area contributed by atoms with Crippen LogP contribution in [0, 0.1) is 6.92 Å². The third-order valence-electron chi connectivity index (χ3n) is 1.89. The Hall–Kier alpha value is 0.566. The molecule has 1 rings (SSSR count). The van der Waals surface area contributed by atoms with Crippen LogP contribution in [0.2, 0.25) is 0 Å². The average Bonchev–Trinajstić information content (AvgIpc) is 2.16. The van der Waals surface area contributed by atoms with E-state index in [9.17, 15) is 8.76 Å². The van der Waals surface area contributed by atoms with Gasteiger partial charge in [-0.25, -0.2) is 9.97 Å². The van der Waals surface area contributed by atoms with Crippen LogP contribution < -0.4 is 51.4 Å². The summed E-state index contributed by atoms with van der Waals surface area (Å²) in [6, 6.07) is 0. The van der Waals surface area contributed by atoms with Crippen LogP contribution in [0.15, 0.2) is 17.3 Å². The number of hydrogen-bond acceptors (Lipinski definition) is 4. The molecule has 15 heavy (non-hydrogen) atoms. The molecule has 1 atom stereocenters. The molecule has 0 aliphatic carbocycles. The largest absolute Gasteiger partial charge is 1.00 e. The van der Waals surface area contributed by atoms with Gasteiger partial charge in [0.05, 0.1) is 0 Å². The van der Waals surface area contributed by atoms with E-state index in [4.69, 9.17) is 0 Å². The molecule has 76 valence electrons. The summed E-state index contributed by atoms with van der Waals surface area (Å²) >= 11 is -2.20.